The number of aryl methyl sites for hydroxylation is 2. The number of likely N-dealkylation sites (N-methyl/N-ethyl adjacent to an activating group) is 1. The molecule has 1 rings (SSSR count). The molecule has 0 radical (unpaired) electrons. The van der Waals surface area contributed by atoms with Crippen molar-refractivity contribution in [1.29, 1.82) is 5.26 Å². The Morgan fingerprint density at radius 1 is 1.44 bits per heavy atom. The van der Waals surface area contributed by atoms with Crippen LogP contribution >= 0.6 is 0 Å². The van der Waals surface area contributed by atoms with Crippen LogP contribution in [-0.4, -0.2) is 27.4 Å². The maximum atomic E-state index is 9.10. The van der Waals surface area contributed by atoms with Crippen molar-refractivity contribution in [1.82, 2.24) is 20.1 Å². The van der Waals surface area contributed by atoms with E-state index in [9.17, 15) is 0 Å². The standard InChI is InChI=1S/C11H19N5/c1-5-9-14-10(6-2)16(15-9)8-11(3,7-12)13-4/h13H,5-6,8H2,1-4H3. The van der Waals surface area contributed by atoms with Crippen LogP contribution in [0.4, 0.5) is 0 Å². The lowest BCUT2D eigenvalue weighted by Crippen LogP contribution is -2.42. The van der Waals surface area contributed by atoms with Gasteiger partial charge in [-0.05, 0) is 14.0 Å². The SMILES string of the molecule is CCc1nc(CC)n(CC(C)(C#N)NC)n1. The maximum absolute atomic E-state index is 9.10. The molecule has 0 saturated heterocycles. The normalized spacial score (nSPS) is 14.4. The Labute approximate surface area is 96.5 Å². The molecule has 5 heteroatoms. The van der Waals surface area contributed by atoms with Gasteiger partial charge in [0.25, 0.3) is 0 Å². The Morgan fingerprint density at radius 3 is 2.56 bits per heavy atom. The average Bonchev–Trinajstić information content (AvgIpc) is 2.71. The third-order valence-corrected chi connectivity index (χ3v) is 2.69. The molecule has 0 aliphatic rings. The fraction of sp³-hybridized carbons (Fsp3) is 0.727. The lowest BCUT2D eigenvalue weighted by atomic mass is 10.1. The van der Waals surface area contributed by atoms with Gasteiger partial charge in [0.1, 0.15) is 11.4 Å². The summed E-state index contributed by atoms with van der Waals surface area (Å²) in [6.07, 6.45) is 1.65. The Morgan fingerprint density at radius 2 is 2.12 bits per heavy atom. The molecular weight excluding hydrogens is 202 g/mol. The first-order valence-electron chi connectivity index (χ1n) is 5.61. The van der Waals surface area contributed by atoms with E-state index < -0.39 is 5.54 Å². The van der Waals surface area contributed by atoms with Crippen LogP contribution in [0.1, 0.15) is 32.4 Å². The number of hydrogen-bond donors (Lipinski definition) is 1. The van der Waals surface area contributed by atoms with Gasteiger partial charge in [0.2, 0.25) is 0 Å². The Balaban J connectivity index is 2.96. The van der Waals surface area contributed by atoms with Gasteiger partial charge >= 0.3 is 0 Å². The van der Waals surface area contributed by atoms with Gasteiger partial charge in [0.05, 0.1) is 12.6 Å². The van der Waals surface area contributed by atoms with Gasteiger partial charge in [0.15, 0.2) is 5.82 Å². The molecule has 1 aromatic rings. The van der Waals surface area contributed by atoms with Crippen LogP contribution in [0.5, 0.6) is 0 Å². The van der Waals surface area contributed by atoms with Gasteiger partial charge in [-0.2, -0.15) is 10.4 Å². The lowest BCUT2D eigenvalue weighted by molar-refractivity contribution is 0.387. The summed E-state index contributed by atoms with van der Waals surface area (Å²) in [6.45, 7) is 6.46. The minimum atomic E-state index is -0.595. The van der Waals surface area contributed by atoms with Crippen molar-refractivity contribution in [2.75, 3.05) is 7.05 Å². The highest BCUT2D eigenvalue weighted by Gasteiger charge is 2.24. The average molecular weight is 221 g/mol. The minimum Gasteiger partial charge on any atom is -0.301 e. The highest BCUT2D eigenvalue weighted by molar-refractivity contribution is 5.05. The topological polar surface area (TPSA) is 66.5 Å². The zero-order valence-electron chi connectivity index (χ0n) is 10.4. The summed E-state index contributed by atoms with van der Waals surface area (Å²) in [7, 11) is 1.78. The van der Waals surface area contributed by atoms with Gasteiger partial charge in [-0.3, -0.25) is 0 Å². The zero-order chi connectivity index (χ0) is 12.2. The summed E-state index contributed by atoms with van der Waals surface area (Å²) in [5, 5.41) is 16.5. The highest BCUT2D eigenvalue weighted by atomic mass is 15.4. The van der Waals surface area contributed by atoms with E-state index in [2.05, 4.69) is 21.5 Å². The molecule has 5 nitrogen and oxygen atoms in total. The van der Waals surface area contributed by atoms with E-state index in [0.717, 1.165) is 24.5 Å². The van der Waals surface area contributed by atoms with Crippen LogP contribution in [0, 0.1) is 11.3 Å². The molecule has 0 spiro atoms. The molecule has 0 aliphatic carbocycles. The largest absolute Gasteiger partial charge is 0.301 e. The van der Waals surface area contributed by atoms with Crippen LogP contribution in [-0.2, 0) is 19.4 Å². The number of nitrogens with one attached hydrogen (secondary N) is 1. The Kier molecular flexibility index (Phi) is 4.02. The van der Waals surface area contributed by atoms with Crippen molar-refractivity contribution in [3.05, 3.63) is 11.6 Å². The highest BCUT2D eigenvalue weighted by Crippen LogP contribution is 2.08. The molecule has 16 heavy (non-hydrogen) atoms. The first-order chi connectivity index (χ1) is 7.58. The molecule has 0 aliphatic heterocycles. The first-order valence-corrected chi connectivity index (χ1v) is 5.61. The van der Waals surface area contributed by atoms with Crippen molar-refractivity contribution in [3.63, 3.8) is 0 Å². The molecule has 1 atom stereocenters. The number of nitrogens with zero attached hydrogens (tertiary/aromatic N) is 4. The number of nitriles is 1. The second-order valence-corrected chi connectivity index (χ2v) is 4.00. The van der Waals surface area contributed by atoms with Crippen LogP contribution < -0.4 is 5.32 Å². The van der Waals surface area contributed by atoms with E-state index in [4.69, 9.17) is 5.26 Å². The van der Waals surface area contributed by atoms with Gasteiger partial charge in [-0.1, -0.05) is 13.8 Å². The molecule has 0 fully saturated rings. The van der Waals surface area contributed by atoms with E-state index >= 15 is 0 Å². The van der Waals surface area contributed by atoms with Gasteiger partial charge in [-0.25, -0.2) is 9.67 Å². The molecule has 1 aromatic heterocycles. The Hall–Kier alpha value is -1.41. The molecular formula is C11H19N5. The molecule has 88 valence electrons. The fourth-order valence-corrected chi connectivity index (χ4v) is 1.43. The predicted molar refractivity (Wildman–Crippen MR) is 61.9 cm³/mol. The third-order valence-electron chi connectivity index (χ3n) is 2.69. The summed E-state index contributed by atoms with van der Waals surface area (Å²) in [4.78, 5) is 4.41. The van der Waals surface area contributed by atoms with Crippen LogP contribution in [0.15, 0.2) is 0 Å². The second-order valence-electron chi connectivity index (χ2n) is 4.00. The zero-order valence-corrected chi connectivity index (χ0v) is 10.4. The molecule has 0 bridgehead atoms. The monoisotopic (exact) mass is 221 g/mol. The van der Waals surface area contributed by atoms with Gasteiger partial charge < -0.3 is 5.32 Å². The summed E-state index contributed by atoms with van der Waals surface area (Å²) in [6, 6.07) is 2.26. The number of aromatic nitrogens is 3. The minimum absolute atomic E-state index is 0.524. The molecule has 0 amide bonds. The van der Waals surface area contributed by atoms with Crippen molar-refractivity contribution >= 4 is 0 Å². The van der Waals surface area contributed by atoms with Gasteiger partial charge in [-0.15, -0.1) is 0 Å². The second kappa shape index (κ2) is 5.08. The van der Waals surface area contributed by atoms with E-state index in [1.165, 1.54) is 0 Å². The summed E-state index contributed by atoms with van der Waals surface area (Å²) >= 11 is 0. The van der Waals surface area contributed by atoms with Crippen molar-refractivity contribution < 1.29 is 0 Å². The Bertz CT molecular complexity index is 390. The molecule has 1 N–H and O–H groups in total. The van der Waals surface area contributed by atoms with E-state index in [-0.39, 0.29) is 0 Å². The van der Waals surface area contributed by atoms with Crippen molar-refractivity contribution in [3.8, 4) is 6.07 Å². The van der Waals surface area contributed by atoms with Crippen molar-refractivity contribution in [2.24, 2.45) is 0 Å². The molecule has 0 aromatic carbocycles. The number of hydrogen-bond acceptors (Lipinski definition) is 4. The van der Waals surface area contributed by atoms with E-state index in [0.29, 0.717) is 6.54 Å². The maximum Gasteiger partial charge on any atom is 0.150 e. The summed E-state index contributed by atoms with van der Waals surface area (Å²) in [5.41, 5.74) is -0.595. The van der Waals surface area contributed by atoms with Crippen LogP contribution in [0.2, 0.25) is 0 Å². The first kappa shape index (κ1) is 12.7. The molecule has 0 saturated carbocycles. The van der Waals surface area contributed by atoms with E-state index in [1.807, 2.05) is 25.5 Å². The quantitative estimate of drug-likeness (QED) is 0.802. The number of rotatable bonds is 5. The molecule has 1 unspecified atom stereocenters. The lowest BCUT2D eigenvalue weighted by Gasteiger charge is -2.20. The summed E-state index contributed by atoms with van der Waals surface area (Å²) in [5.74, 6) is 1.78. The van der Waals surface area contributed by atoms with Crippen LogP contribution in [0.3, 0.4) is 0 Å². The third kappa shape index (κ3) is 2.58. The predicted octanol–water partition coefficient (Wildman–Crippen LogP) is 0.905. The molecule has 1 heterocycles. The smallest absolute Gasteiger partial charge is 0.150 e. The van der Waals surface area contributed by atoms with Crippen molar-refractivity contribution in [2.45, 2.75) is 45.7 Å². The van der Waals surface area contributed by atoms with Crippen LogP contribution in [0.25, 0.3) is 0 Å². The summed E-state index contributed by atoms with van der Waals surface area (Å²) < 4.78 is 1.83. The van der Waals surface area contributed by atoms with Gasteiger partial charge in [0, 0.05) is 12.8 Å². The van der Waals surface area contributed by atoms with E-state index in [1.54, 1.807) is 7.05 Å². The fourth-order valence-electron chi connectivity index (χ4n) is 1.43.